The molecule has 0 aliphatic carbocycles. The zero-order chi connectivity index (χ0) is 21.9. The summed E-state index contributed by atoms with van der Waals surface area (Å²) in [5.74, 6) is -0.994. The fourth-order valence-corrected chi connectivity index (χ4v) is 4.72. The molecule has 0 saturated carbocycles. The standard InChI is InChI=1S/C19H23N5O5S/c1-12-17(13(2)23-22-12)30(28,29)21-10-9-20-16(25)8-5-11-24-18(26)14-6-3-4-7-15(14)19(24)27/h3-4,6-7,21H,5,8-11H2,1-2H3,(H,20,25)(H,22,23). The van der Waals surface area contributed by atoms with E-state index in [0.29, 0.717) is 28.9 Å². The minimum atomic E-state index is -3.72. The number of aromatic amines is 1. The molecule has 30 heavy (non-hydrogen) atoms. The largest absolute Gasteiger partial charge is 0.355 e. The van der Waals surface area contributed by atoms with Gasteiger partial charge in [-0.25, -0.2) is 13.1 Å². The van der Waals surface area contributed by atoms with Crippen molar-refractivity contribution in [3.63, 3.8) is 0 Å². The Labute approximate surface area is 174 Å². The third kappa shape index (κ3) is 4.41. The van der Waals surface area contributed by atoms with Crippen LogP contribution in [0.5, 0.6) is 0 Å². The van der Waals surface area contributed by atoms with Crippen molar-refractivity contribution in [2.45, 2.75) is 31.6 Å². The van der Waals surface area contributed by atoms with Gasteiger partial charge in [-0.2, -0.15) is 5.10 Å². The number of nitrogens with zero attached hydrogens (tertiary/aromatic N) is 2. The van der Waals surface area contributed by atoms with E-state index in [4.69, 9.17) is 0 Å². The Morgan fingerprint density at radius 2 is 1.73 bits per heavy atom. The molecule has 3 rings (SSSR count). The number of amides is 3. The summed E-state index contributed by atoms with van der Waals surface area (Å²) in [5, 5.41) is 9.10. The molecule has 0 bridgehead atoms. The summed E-state index contributed by atoms with van der Waals surface area (Å²) in [5.41, 5.74) is 1.57. The van der Waals surface area contributed by atoms with Crippen molar-refractivity contribution in [2.75, 3.05) is 19.6 Å². The first-order valence-corrected chi connectivity index (χ1v) is 10.9. The number of nitrogens with one attached hydrogen (secondary N) is 3. The van der Waals surface area contributed by atoms with Gasteiger partial charge in [0.2, 0.25) is 15.9 Å². The molecule has 0 spiro atoms. The van der Waals surface area contributed by atoms with E-state index < -0.39 is 10.0 Å². The van der Waals surface area contributed by atoms with Crippen molar-refractivity contribution < 1.29 is 22.8 Å². The van der Waals surface area contributed by atoms with Gasteiger partial charge in [-0.15, -0.1) is 0 Å². The first-order chi connectivity index (χ1) is 14.2. The Kier molecular flexibility index (Phi) is 6.32. The molecule has 1 aromatic carbocycles. The number of rotatable bonds is 9. The van der Waals surface area contributed by atoms with Crippen molar-refractivity contribution in [1.82, 2.24) is 25.1 Å². The third-order valence-corrected chi connectivity index (χ3v) is 6.46. The molecule has 160 valence electrons. The van der Waals surface area contributed by atoms with Gasteiger partial charge in [-0.1, -0.05) is 12.1 Å². The average molecular weight is 433 g/mol. The number of imide groups is 1. The summed E-state index contributed by atoms with van der Waals surface area (Å²) < 4.78 is 27.0. The molecule has 0 saturated heterocycles. The number of aryl methyl sites for hydroxylation is 2. The second-order valence-corrected chi connectivity index (χ2v) is 8.63. The Morgan fingerprint density at radius 3 is 2.30 bits per heavy atom. The molecule has 3 amide bonds. The number of carbonyl (C=O) groups excluding carboxylic acids is 3. The van der Waals surface area contributed by atoms with E-state index in [1.165, 1.54) is 0 Å². The zero-order valence-electron chi connectivity index (χ0n) is 16.7. The quantitative estimate of drug-likeness (QED) is 0.388. The van der Waals surface area contributed by atoms with Gasteiger partial charge >= 0.3 is 0 Å². The van der Waals surface area contributed by atoms with Crippen molar-refractivity contribution in [3.05, 3.63) is 46.8 Å². The fourth-order valence-electron chi connectivity index (χ4n) is 3.32. The van der Waals surface area contributed by atoms with E-state index in [1.807, 2.05) is 0 Å². The average Bonchev–Trinajstić information content (AvgIpc) is 3.17. The monoisotopic (exact) mass is 433 g/mol. The van der Waals surface area contributed by atoms with Crippen LogP contribution in [0.2, 0.25) is 0 Å². The summed E-state index contributed by atoms with van der Waals surface area (Å²) in [4.78, 5) is 37.7. The van der Waals surface area contributed by atoms with Crippen molar-refractivity contribution >= 4 is 27.7 Å². The summed E-state index contributed by atoms with van der Waals surface area (Å²) >= 11 is 0. The molecule has 1 aromatic heterocycles. The summed E-state index contributed by atoms with van der Waals surface area (Å²) in [6, 6.07) is 6.61. The Hall–Kier alpha value is -3.05. The predicted octanol–water partition coefficient (Wildman–Crippen LogP) is 0.497. The van der Waals surface area contributed by atoms with Gasteiger partial charge in [-0.3, -0.25) is 24.4 Å². The Morgan fingerprint density at radius 1 is 1.10 bits per heavy atom. The number of H-pyrrole nitrogens is 1. The second kappa shape index (κ2) is 8.76. The van der Waals surface area contributed by atoms with Gasteiger partial charge in [0.15, 0.2) is 0 Å². The maximum absolute atomic E-state index is 12.3. The molecular formula is C19H23N5O5S. The molecule has 2 heterocycles. The number of carbonyl (C=O) groups is 3. The van der Waals surface area contributed by atoms with E-state index in [9.17, 15) is 22.8 Å². The van der Waals surface area contributed by atoms with Crippen LogP contribution in [0.15, 0.2) is 29.2 Å². The lowest BCUT2D eigenvalue weighted by Crippen LogP contribution is -2.35. The molecule has 0 unspecified atom stereocenters. The van der Waals surface area contributed by atoms with Crippen LogP contribution in [0.1, 0.15) is 44.9 Å². The van der Waals surface area contributed by atoms with Crippen LogP contribution in [-0.4, -0.2) is 60.9 Å². The van der Waals surface area contributed by atoms with Crippen LogP contribution >= 0.6 is 0 Å². The summed E-state index contributed by atoms with van der Waals surface area (Å²) in [7, 11) is -3.72. The van der Waals surface area contributed by atoms with Crippen LogP contribution in [0, 0.1) is 13.8 Å². The predicted molar refractivity (Wildman–Crippen MR) is 107 cm³/mol. The maximum Gasteiger partial charge on any atom is 0.261 e. The molecule has 0 fully saturated rings. The topological polar surface area (TPSA) is 141 Å². The summed E-state index contributed by atoms with van der Waals surface area (Å²) in [6.45, 7) is 3.49. The molecule has 11 heteroatoms. The van der Waals surface area contributed by atoms with Gasteiger partial charge in [0.05, 0.1) is 22.5 Å². The normalized spacial score (nSPS) is 13.6. The SMILES string of the molecule is Cc1n[nH]c(C)c1S(=O)(=O)NCCNC(=O)CCCN1C(=O)c2ccccc2C1=O. The number of fused-ring (bicyclic) bond motifs is 1. The highest BCUT2D eigenvalue weighted by atomic mass is 32.2. The Balaban J connectivity index is 1.39. The van der Waals surface area contributed by atoms with Gasteiger partial charge in [-0.05, 0) is 32.4 Å². The van der Waals surface area contributed by atoms with E-state index in [-0.39, 0.29) is 48.7 Å². The minimum Gasteiger partial charge on any atom is -0.355 e. The van der Waals surface area contributed by atoms with Gasteiger partial charge in [0.25, 0.3) is 11.8 Å². The molecule has 0 radical (unpaired) electrons. The molecular weight excluding hydrogens is 410 g/mol. The second-order valence-electron chi connectivity index (χ2n) is 6.92. The minimum absolute atomic E-state index is 0.0243. The highest BCUT2D eigenvalue weighted by molar-refractivity contribution is 7.89. The first-order valence-electron chi connectivity index (χ1n) is 9.45. The lowest BCUT2D eigenvalue weighted by molar-refractivity contribution is -0.121. The number of sulfonamides is 1. The van der Waals surface area contributed by atoms with Crippen LogP contribution in [-0.2, 0) is 14.8 Å². The van der Waals surface area contributed by atoms with Gasteiger partial charge in [0.1, 0.15) is 4.90 Å². The molecule has 1 aliphatic heterocycles. The molecule has 2 aromatic rings. The van der Waals surface area contributed by atoms with E-state index in [1.54, 1.807) is 38.1 Å². The van der Waals surface area contributed by atoms with Crippen molar-refractivity contribution in [2.24, 2.45) is 0 Å². The van der Waals surface area contributed by atoms with Gasteiger partial charge < -0.3 is 5.32 Å². The lowest BCUT2D eigenvalue weighted by Gasteiger charge is -2.13. The molecule has 0 atom stereocenters. The summed E-state index contributed by atoms with van der Waals surface area (Å²) in [6.07, 6.45) is 0.427. The highest BCUT2D eigenvalue weighted by Gasteiger charge is 2.34. The number of hydrogen-bond donors (Lipinski definition) is 3. The third-order valence-electron chi connectivity index (χ3n) is 4.73. The smallest absolute Gasteiger partial charge is 0.261 e. The molecule has 3 N–H and O–H groups in total. The lowest BCUT2D eigenvalue weighted by atomic mass is 10.1. The van der Waals surface area contributed by atoms with E-state index in [2.05, 4.69) is 20.2 Å². The van der Waals surface area contributed by atoms with Crippen LogP contribution in [0.4, 0.5) is 0 Å². The van der Waals surface area contributed by atoms with Crippen molar-refractivity contribution in [1.29, 1.82) is 0 Å². The van der Waals surface area contributed by atoms with Gasteiger partial charge in [0, 0.05) is 26.1 Å². The van der Waals surface area contributed by atoms with Crippen LogP contribution in [0.25, 0.3) is 0 Å². The number of aromatic nitrogens is 2. The Bertz CT molecular complexity index is 1040. The number of benzene rings is 1. The van der Waals surface area contributed by atoms with E-state index in [0.717, 1.165) is 4.90 Å². The molecule has 10 nitrogen and oxygen atoms in total. The van der Waals surface area contributed by atoms with Crippen molar-refractivity contribution in [3.8, 4) is 0 Å². The number of hydrogen-bond acceptors (Lipinski definition) is 6. The highest BCUT2D eigenvalue weighted by Crippen LogP contribution is 2.22. The van der Waals surface area contributed by atoms with Crippen LogP contribution in [0.3, 0.4) is 0 Å². The zero-order valence-corrected chi connectivity index (χ0v) is 17.5. The van der Waals surface area contributed by atoms with E-state index >= 15 is 0 Å². The first kappa shape index (κ1) is 21.7. The fraction of sp³-hybridized carbons (Fsp3) is 0.368. The molecule has 1 aliphatic rings. The van der Waals surface area contributed by atoms with Crippen LogP contribution < -0.4 is 10.0 Å². The maximum atomic E-state index is 12.3.